The molecular weight excluding hydrogens is 561 g/mol. The molecule has 0 bridgehead atoms. The lowest BCUT2D eigenvalue weighted by atomic mass is 10.0. The number of rotatable bonds is 7. The molecule has 2 amide bonds. The van der Waals surface area contributed by atoms with E-state index in [4.69, 9.17) is 0 Å². The second kappa shape index (κ2) is 12.1. The number of benzene rings is 1. The number of likely N-dealkylation sites (N-methyl/N-ethyl adjacent to an activating group) is 1. The number of alkyl halides is 3. The van der Waals surface area contributed by atoms with Crippen LogP contribution in [0.25, 0.3) is 0 Å². The first-order valence-corrected chi connectivity index (χ1v) is 14.5. The molecule has 3 heterocycles. The van der Waals surface area contributed by atoms with E-state index >= 15 is 0 Å². The minimum Gasteiger partial charge on any atom is -0.302 e. The Bertz CT molecular complexity index is 1450. The smallest absolute Gasteiger partial charge is 0.302 e. The van der Waals surface area contributed by atoms with Crippen molar-refractivity contribution >= 4 is 44.8 Å². The minimum atomic E-state index is -4.59. The van der Waals surface area contributed by atoms with Crippen LogP contribution < -0.4 is 10.6 Å². The Morgan fingerprint density at radius 3 is 2.15 bits per heavy atom. The molecule has 1 aliphatic carbocycles. The Morgan fingerprint density at radius 2 is 1.57 bits per heavy atom. The number of carbonyl (C=O) groups is 2. The van der Waals surface area contributed by atoms with Crippen LogP contribution >= 0.6 is 22.7 Å². The number of anilines is 2. The topological polar surface area (TPSA) is 90.5 Å². The average molecular weight is 589 g/mol. The molecule has 0 unspecified atom stereocenters. The number of halogens is 3. The van der Waals surface area contributed by atoms with Crippen LogP contribution in [0.1, 0.15) is 51.0 Å². The van der Waals surface area contributed by atoms with Gasteiger partial charge in [-0.25, -0.2) is 9.97 Å². The van der Waals surface area contributed by atoms with Crippen LogP contribution in [0.5, 0.6) is 0 Å². The van der Waals surface area contributed by atoms with Crippen LogP contribution in [0.4, 0.5) is 23.4 Å². The van der Waals surface area contributed by atoms with Crippen molar-refractivity contribution in [2.24, 2.45) is 5.92 Å². The first kappa shape index (κ1) is 28.2. The van der Waals surface area contributed by atoms with Crippen molar-refractivity contribution in [1.82, 2.24) is 19.8 Å². The van der Waals surface area contributed by atoms with Gasteiger partial charge in [0.2, 0.25) is 5.91 Å². The zero-order chi connectivity index (χ0) is 28.3. The maximum absolute atomic E-state index is 13.9. The third-order valence-electron chi connectivity index (χ3n) is 6.70. The molecule has 2 N–H and O–H groups in total. The van der Waals surface area contributed by atoms with Gasteiger partial charge < -0.3 is 10.2 Å². The van der Waals surface area contributed by atoms with Gasteiger partial charge in [0, 0.05) is 44.2 Å². The predicted octanol–water partition coefficient (Wildman–Crippen LogP) is 4.76. The van der Waals surface area contributed by atoms with Crippen LogP contribution in [0.3, 0.4) is 0 Å². The van der Waals surface area contributed by atoms with Gasteiger partial charge in [-0.1, -0.05) is 35.7 Å². The fourth-order valence-corrected chi connectivity index (χ4v) is 5.59. The Hall–Kier alpha value is -3.31. The predicted molar refractivity (Wildman–Crippen MR) is 148 cm³/mol. The Balaban J connectivity index is 1.22. The second-order valence-electron chi connectivity index (χ2n) is 9.61. The molecule has 8 nitrogen and oxygen atoms in total. The summed E-state index contributed by atoms with van der Waals surface area (Å²) in [4.78, 5) is 38.4. The molecule has 1 saturated heterocycles. The summed E-state index contributed by atoms with van der Waals surface area (Å²) in [6.45, 7) is 6.21. The third-order valence-corrected chi connectivity index (χ3v) is 8.36. The summed E-state index contributed by atoms with van der Waals surface area (Å²) < 4.78 is 41.7. The van der Waals surface area contributed by atoms with Crippen molar-refractivity contribution < 1.29 is 22.8 Å². The van der Waals surface area contributed by atoms with Crippen molar-refractivity contribution in [1.29, 1.82) is 0 Å². The summed E-state index contributed by atoms with van der Waals surface area (Å²) in [6.07, 6.45) is 0.265. The highest BCUT2D eigenvalue weighted by atomic mass is 32.1. The highest BCUT2D eigenvalue weighted by Crippen LogP contribution is 2.34. The van der Waals surface area contributed by atoms with Crippen LogP contribution in [0.2, 0.25) is 0 Å². The number of aromatic nitrogens is 2. The van der Waals surface area contributed by atoms with Gasteiger partial charge in [-0.15, -0.1) is 0 Å². The quantitative estimate of drug-likeness (QED) is 0.387. The molecule has 2 aliphatic rings. The van der Waals surface area contributed by atoms with Crippen molar-refractivity contribution in [3.8, 4) is 11.8 Å². The number of nitrogens with zero attached hydrogens (tertiary/aromatic N) is 4. The maximum atomic E-state index is 13.9. The number of nitrogens with one attached hydrogen (secondary N) is 2. The van der Waals surface area contributed by atoms with E-state index in [1.54, 1.807) is 6.20 Å². The summed E-state index contributed by atoms with van der Waals surface area (Å²) in [5.41, 5.74) is -0.750. The third kappa shape index (κ3) is 7.25. The van der Waals surface area contributed by atoms with E-state index in [0.29, 0.717) is 28.0 Å². The summed E-state index contributed by atoms with van der Waals surface area (Å²) in [6, 6.07) is 3.71. The molecule has 40 heavy (non-hydrogen) atoms. The molecule has 2 aromatic heterocycles. The number of hydrogen-bond acceptors (Lipinski definition) is 8. The molecule has 0 atom stereocenters. The number of piperazine rings is 1. The molecule has 2 fully saturated rings. The van der Waals surface area contributed by atoms with Crippen molar-refractivity contribution in [3.63, 3.8) is 0 Å². The van der Waals surface area contributed by atoms with E-state index in [2.05, 4.69) is 44.3 Å². The van der Waals surface area contributed by atoms with Gasteiger partial charge in [0.25, 0.3) is 5.91 Å². The lowest BCUT2D eigenvalue weighted by Gasteiger charge is -2.34. The van der Waals surface area contributed by atoms with E-state index in [1.807, 2.05) is 4.90 Å². The molecule has 13 heteroatoms. The summed E-state index contributed by atoms with van der Waals surface area (Å²) in [7, 11) is 0. The van der Waals surface area contributed by atoms with Crippen LogP contribution in [0.15, 0.2) is 30.6 Å². The second-order valence-corrected chi connectivity index (χ2v) is 11.7. The summed E-state index contributed by atoms with van der Waals surface area (Å²) in [5, 5.41) is 6.06. The normalized spacial score (nSPS) is 16.3. The van der Waals surface area contributed by atoms with E-state index < -0.39 is 17.6 Å². The maximum Gasteiger partial charge on any atom is 0.416 e. The average Bonchev–Trinajstić information content (AvgIpc) is 3.55. The van der Waals surface area contributed by atoms with E-state index in [9.17, 15) is 22.8 Å². The lowest BCUT2D eigenvalue weighted by Crippen LogP contribution is -2.45. The van der Waals surface area contributed by atoms with Crippen LogP contribution in [-0.2, 0) is 17.5 Å². The molecular formula is C27H27F3N6O2S2. The molecule has 1 aromatic carbocycles. The molecule has 1 saturated carbocycles. The van der Waals surface area contributed by atoms with Gasteiger partial charge in [-0.05, 0) is 48.9 Å². The first-order chi connectivity index (χ1) is 19.2. The van der Waals surface area contributed by atoms with Crippen molar-refractivity contribution in [2.45, 2.75) is 32.5 Å². The fraction of sp³-hybridized carbons (Fsp3) is 0.407. The van der Waals surface area contributed by atoms with Crippen LogP contribution in [0, 0.1) is 17.8 Å². The largest absolute Gasteiger partial charge is 0.416 e. The van der Waals surface area contributed by atoms with E-state index in [1.165, 1.54) is 29.7 Å². The number of hydrogen-bond donors (Lipinski definition) is 2. The fourth-order valence-electron chi connectivity index (χ4n) is 4.25. The molecule has 0 spiro atoms. The summed E-state index contributed by atoms with van der Waals surface area (Å²) >= 11 is 2.37. The molecule has 0 radical (unpaired) electrons. The highest BCUT2D eigenvalue weighted by Gasteiger charge is 2.35. The molecule has 5 rings (SSSR count). The zero-order valence-corrected chi connectivity index (χ0v) is 23.3. The number of thiazole rings is 2. The van der Waals surface area contributed by atoms with Crippen LogP contribution in [-0.4, -0.2) is 64.3 Å². The van der Waals surface area contributed by atoms with Gasteiger partial charge >= 0.3 is 6.18 Å². The standard InChI is InChI=1S/C27H27F3N6O2S2/c1-2-35-9-11-36(12-10-35)16-19-6-5-18(13-22(19)27(28,29)30)24(38)34-26-32-15-21(40-26)8-7-20-14-31-25(39-20)33-23(37)17-3-4-17/h5-6,13-15,17H,2-4,9-12,16H2,1H3,(H,31,33,37)(H,32,34,38). The monoisotopic (exact) mass is 588 g/mol. The Kier molecular flexibility index (Phi) is 8.51. The zero-order valence-electron chi connectivity index (χ0n) is 21.7. The Labute approximate surface area is 237 Å². The van der Waals surface area contributed by atoms with Gasteiger partial charge in [-0.3, -0.25) is 19.8 Å². The Morgan fingerprint density at radius 1 is 0.975 bits per heavy atom. The summed E-state index contributed by atoms with van der Waals surface area (Å²) in [5.74, 6) is 5.25. The van der Waals surface area contributed by atoms with Gasteiger partial charge in [0.1, 0.15) is 0 Å². The highest BCUT2D eigenvalue weighted by molar-refractivity contribution is 7.16. The SMILES string of the molecule is CCN1CCN(Cc2ccc(C(=O)Nc3ncc(C#Cc4cnc(NC(=O)C5CC5)s4)s3)cc2C(F)(F)F)CC1. The molecule has 210 valence electrons. The van der Waals surface area contributed by atoms with Gasteiger partial charge in [0.15, 0.2) is 10.3 Å². The number of amides is 2. The van der Waals surface area contributed by atoms with Crippen molar-refractivity contribution in [3.05, 3.63) is 57.0 Å². The van der Waals surface area contributed by atoms with Crippen molar-refractivity contribution in [2.75, 3.05) is 43.4 Å². The van der Waals surface area contributed by atoms with E-state index in [-0.39, 0.29) is 34.6 Å². The first-order valence-electron chi connectivity index (χ1n) is 12.9. The molecule has 1 aliphatic heterocycles. The van der Waals surface area contributed by atoms with Gasteiger partial charge in [0.05, 0.1) is 27.7 Å². The van der Waals surface area contributed by atoms with Gasteiger partial charge in [-0.2, -0.15) is 13.2 Å². The molecule has 3 aromatic rings. The van der Waals surface area contributed by atoms with E-state index in [0.717, 1.165) is 49.9 Å². The number of carbonyl (C=O) groups excluding carboxylic acids is 2. The lowest BCUT2D eigenvalue weighted by molar-refractivity contribution is -0.138. The minimum absolute atomic E-state index is 0.0286.